The number of likely N-dealkylation sites (tertiary alicyclic amines) is 2. The molecule has 0 atom stereocenters. The second-order valence-corrected chi connectivity index (χ2v) is 19.2. The van der Waals surface area contributed by atoms with Gasteiger partial charge in [0, 0.05) is 73.3 Å². The molecule has 4 heterocycles. The number of benzene rings is 2. The average molecular weight is 1010 g/mol. The third kappa shape index (κ3) is 11.8. The zero-order valence-electron chi connectivity index (χ0n) is 40.9. The van der Waals surface area contributed by atoms with Gasteiger partial charge in [-0.3, -0.25) is 28.9 Å². The molecule has 2 fully saturated rings. The van der Waals surface area contributed by atoms with Crippen molar-refractivity contribution in [1.82, 2.24) is 20.1 Å². The summed E-state index contributed by atoms with van der Waals surface area (Å²) in [6.45, 7) is 6.32. The van der Waals surface area contributed by atoms with Crippen LogP contribution in [0, 0.1) is 13.8 Å². The van der Waals surface area contributed by atoms with E-state index < -0.39 is 56.1 Å². The third-order valence-corrected chi connectivity index (χ3v) is 15.2. The number of rotatable bonds is 20. The number of ether oxygens (including phenoxy) is 4. The van der Waals surface area contributed by atoms with Crippen LogP contribution in [0.3, 0.4) is 0 Å². The van der Waals surface area contributed by atoms with Gasteiger partial charge in [-0.2, -0.15) is 0 Å². The lowest BCUT2D eigenvalue weighted by Crippen LogP contribution is -2.68. The molecule has 378 valence electrons. The summed E-state index contributed by atoms with van der Waals surface area (Å²) in [4.78, 5) is 118. The summed E-state index contributed by atoms with van der Waals surface area (Å²) in [6.07, 6.45) is 0.492. The van der Waals surface area contributed by atoms with Crippen molar-refractivity contribution < 1.29 is 76.4 Å². The highest BCUT2D eigenvalue weighted by Gasteiger charge is 2.59. The van der Waals surface area contributed by atoms with E-state index >= 15 is 0 Å². The van der Waals surface area contributed by atoms with E-state index in [1.165, 1.54) is 65.0 Å². The molecular weight excluding hydrogens is 949 g/mol. The van der Waals surface area contributed by atoms with Crippen molar-refractivity contribution in [2.75, 3.05) is 67.7 Å². The largest absolute Gasteiger partial charge is 0.496 e. The SMILES string of the molecule is COC(=O)C1(N(OCc2ccccc2OC)C(C)=O)CC[N+](CCc2scnc2C)(OC(=O)C(=O)O[N+]2(CCc3scnc3C)CCC(C(=O)OC)(N(OCc3ccccc3OC)C(C)=O)CC2)CC1. The summed E-state index contributed by atoms with van der Waals surface area (Å²) in [5.74, 6) is -4.10. The fraction of sp³-hybridized carbons (Fsp3) is 0.500. The Labute approximate surface area is 414 Å². The van der Waals surface area contributed by atoms with Crippen molar-refractivity contribution in [1.29, 1.82) is 0 Å². The number of methoxy groups -OCH3 is 4. The number of aromatic nitrogens is 2. The Morgan fingerprint density at radius 1 is 0.586 bits per heavy atom. The highest BCUT2D eigenvalue weighted by atomic mass is 32.1. The monoisotopic (exact) mass is 1010 g/mol. The number of para-hydroxylation sites is 2. The topological polar surface area (TPSA) is 209 Å². The van der Waals surface area contributed by atoms with Gasteiger partial charge in [0.05, 0.1) is 50.8 Å². The molecule has 4 aromatic rings. The first-order valence-electron chi connectivity index (χ1n) is 22.8. The van der Waals surface area contributed by atoms with Crippen molar-refractivity contribution in [2.24, 2.45) is 0 Å². The van der Waals surface area contributed by atoms with E-state index in [4.69, 9.17) is 38.3 Å². The standard InChI is InChI=1S/C48H62N6O14S2/c1-33-41(69-31-49-33)17-23-53(25-19-47(20-26-53,45(59)63-7)51(35(3)55)65-29-37-13-9-11-15-39(37)61-5)67-43(57)44(58)68-54(24-18-42-34(2)50-32-70-42)27-21-48(22-28-54,46(60)64-8)52(36(4)56)66-30-38-14-10-12-16-40(38)62-6/h9-16,31-32H,17-30H2,1-8H3/q+2. The van der Waals surface area contributed by atoms with E-state index in [2.05, 4.69) is 9.97 Å². The zero-order valence-corrected chi connectivity index (χ0v) is 42.5. The van der Waals surface area contributed by atoms with E-state index in [0.29, 0.717) is 35.5 Å². The Kier molecular flexibility index (Phi) is 17.7. The van der Waals surface area contributed by atoms with Gasteiger partial charge in [-0.05, 0) is 26.0 Å². The molecule has 0 N–H and O–H groups in total. The van der Waals surface area contributed by atoms with Crippen molar-refractivity contribution in [3.8, 4) is 11.5 Å². The minimum Gasteiger partial charge on any atom is -0.496 e. The van der Waals surface area contributed by atoms with E-state index in [0.717, 1.165) is 31.3 Å². The van der Waals surface area contributed by atoms with E-state index in [-0.39, 0.29) is 78.2 Å². The third-order valence-electron chi connectivity index (χ3n) is 13.2. The summed E-state index contributed by atoms with van der Waals surface area (Å²) < 4.78 is 20.7. The first-order chi connectivity index (χ1) is 33.5. The molecule has 0 bridgehead atoms. The molecule has 2 aliphatic heterocycles. The fourth-order valence-corrected chi connectivity index (χ4v) is 10.8. The maximum Gasteiger partial charge on any atom is 0.480 e. The molecule has 0 unspecified atom stereocenters. The first kappa shape index (κ1) is 53.3. The summed E-state index contributed by atoms with van der Waals surface area (Å²) in [7, 11) is 5.47. The van der Waals surface area contributed by atoms with Crippen LogP contribution >= 0.6 is 22.7 Å². The molecule has 0 radical (unpaired) electrons. The van der Waals surface area contributed by atoms with Crippen molar-refractivity contribution in [2.45, 2.75) is 90.5 Å². The summed E-state index contributed by atoms with van der Waals surface area (Å²) >= 11 is 2.87. The maximum absolute atomic E-state index is 14.3. The van der Waals surface area contributed by atoms with Crippen LogP contribution in [-0.4, -0.2) is 144 Å². The molecule has 70 heavy (non-hydrogen) atoms. The van der Waals surface area contributed by atoms with E-state index in [1.807, 2.05) is 13.8 Å². The molecule has 2 aliphatic rings. The summed E-state index contributed by atoms with van der Waals surface area (Å²) in [5.41, 5.74) is 3.02. The predicted octanol–water partition coefficient (Wildman–Crippen LogP) is 4.94. The molecule has 0 aliphatic carbocycles. The number of thiazole rings is 2. The van der Waals surface area contributed by atoms with Crippen LogP contribution in [0.5, 0.6) is 11.5 Å². The second kappa shape index (κ2) is 23.3. The predicted molar refractivity (Wildman–Crippen MR) is 252 cm³/mol. The van der Waals surface area contributed by atoms with Crippen LogP contribution in [0.2, 0.25) is 0 Å². The highest BCUT2D eigenvalue weighted by molar-refractivity contribution is 7.10. The molecule has 2 aromatic heterocycles. The lowest BCUT2D eigenvalue weighted by Gasteiger charge is -2.47. The van der Waals surface area contributed by atoms with Crippen molar-refractivity contribution in [3.63, 3.8) is 0 Å². The number of carbonyl (C=O) groups is 6. The number of hydrogen-bond acceptors (Lipinski definition) is 18. The molecule has 0 saturated carbocycles. The van der Waals surface area contributed by atoms with Crippen LogP contribution in [0.4, 0.5) is 0 Å². The Hall–Kier alpha value is -6.04. The van der Waals surface area contributed by atoms with Crippen molar-refractivity contribution >= 4 is 58.4 Å². The molecule has 22 heteroatoms. The lowest BCUT2D eigenvalue weighted by atomic mass is 9.86. The zero-order chi connectivity index (χ0) is 50.7. The lowest BCUT2D eigenvalue weighted by molar-refractivity contribution is -1.10. The molecule has 2 aromatic carbocycles. The van der Waals surface area contributed by atoms with Gasteiger partial charge in [-0.1, -0.05) is 36.4 Å². The van der Waals surface area contributed by atoms with Gasteiger partial charge in [0.15, 0.2) is 11.1 Å². The number of hydrogen-bond donors (Lipinski definition) is 0. The maximum atomic E-state index is 14.3. The number of quaternary nitrogens is 2. The molecule has 6 rings (SSSR count). The Morgan fingerprint density at radius 2 is 0.943 bits per heavy atom. The van der Waals surface area contributed by atoms with Crippen LogP contribution < -0.4 is 9.47 Å². The number of carbonyl (C=O) groups excluding carboxylic acids is 6. The van der Waals surface area contributed by atoms with Gasteiger partial charge in [-0.15, -0.1) is 32.0 Å². The van der Waals surface area contributed by atoms with Gasteiger partial charge in [0.25, 0.3) is 0 Å². The molecule has 2 amide bonds. The summed E-state index contributed by atoms with van der Waals surface area (Å²) in [6, 6.07) is 14.2. The minimum atomic E-state index is -1.63. The smallest absolute Gasteiger partial charge is 0.480 e. The highest BCUT2D eigenvalue weighted by Crippen LogP contribution is 2.39. The average Bonchev–Trinajstić information content (AvgIpc) is 3.99. The quantitative estimate of drug-likeness (QED) is 0.0497. The van der Waals surface area contributed by atoms with E-state index in [1.54, 1.807) is 59.6 Å². The van der Waals surface area contributed by atoms with Crippen LogP contribution in [0.1, 0.15) is 71.8 Å². The number of esters is 2. The first-order valence-corrected chi connectivity index (χ1v) is 24.5. The number of aryl methyl sites for hydroxylation is 2. The van der Waals surface area contributed by atoms with Crippen LogP contribution in [0.25, 0.3) is 0 Å². The van der Waals surface area contributed by atoms with Gasteiger partial charge < -0.3 is 18.9 Å². The van der Waals surface area contributed by atoms with Crippen LogP contribution in [-0.2, 0) is 83.6 Å². The number of piperidine rings is 2. The number of hydroxylamine groups is 10. The molecule has 20 nitrogen and oxygen atoms in total. The Balaban J connectivity index is 1.26. The van der Waals surface area contributed by atoms with Crippen LogP contribution in [0.15, 0.2) is 59.6 Å². The van der Waals surface area contributed by atoms with Crippen molar-refractivity contribution in [3.05, 3.63) is 91.8 Å². The summed E-state index contributed by atoms with van der Waals surface area (Å²) in [5, 5.41) is 2.06. The minimum absolute atomic E-state index is 0.0319. The normalized spacial score (nSPS) is 22.0. The van der Waals surface area contributed by atoms with Gasteiger partial charge >= 0.3 is 23.9 Å². The van der Waals surface area contributed by atoms with Gasteiger partial charge in [0.2, 0.25) is 11.8 Å². The molecule has 2 saturated heterocycles. The number of amides is 2. The second-order valence-electron chi connectivity index (χ2n) is 17.3. The molecular formula is C48H62N6O14S2+2. The van der Waals surface area contributed by atoms with Gasteiger partial charge in [-0.25, -0.2) is 39.3 Å². The Morgan fingerprint density at radius 3 is 1.24 bits per heavy atom. The van der Waals surface area contributed by atoms with Gasteiger partial charge in [0.1, 0.15) is 64.0 Å². The van der Waals surface area contributed by atoms with E-state index in [9.17, 15) is 28.8 Å². The fourth-order valence-electron chi connectivity index (χ4n) is 9.22. The number of nitrogens with zero attached hydrogens (tertiary/aromatic N) is 6. The molecule has 0 spiro atoms. The Bertz CT molecular complexity index is 2330.